The van der Waals surface area contributed by atoms with E-state index in [2.05, 4.69) is 154 Å². The van der Waals surface area contributed by atoms with E-state index >= 15 is 0 Å². The van der Waals surface area contributed by atoms with Crippen LogP contribution in [-0.4, -0.2) is 14.1 Å². The summed E-state index contributed by atoms with van der Waals surface area (Å²) in [5.41, 5.74) is 11.7. The third-order valence-corrected chi connectivity index (χ3v) is 8.78. The minimum absolute atomic E-state index is 0.981. The zero-order chi connectivity index (χ0) is 29.0. The van der Waals surface area contributed by atoms with Crippen molar-refractivity contribution in [1.82, 2.24) is 14.1 Å². The van der Waals surface area contributed by atoms with Crippen LogP contribution in [0.15, 0.2) is 164 Å². The van der Waals surface area contributed by atoms with Crippen LogP contribution in [0.5, 0.6) is 0 Å². The molecule has 0 saturated carbocycles. The lowest BCUT2D eigenvalue weighted by molar-refractivity contribution is 1.18. The van der Waals surface area contributed by atoms with Gasteiger partial charge in [0.1, 0.15) is 0 Å². The van der Waals surface area contributed by atoms with Gasteiger partial charge in [-0.05, 0) is 83.9 Å². The first-order chi connectivity index (χ1) is 21.8. The molecule has 206 valence electrons. The van der Waals surface area contributed by atoms with Gasteiger partial charge in [0.25, 0.3) is 0 Å². The molecule has 0 aliphatic carbocycles. The quantitative estimate of drug-likeness (QED) is 0.210. The molecule has 0 aliphatic heterocycles. The van der Waals surface area contributed by atoms with Gasteiger partial charge in [0, 0.05) is 44.7 Å². The van der Waals surface area contributed by atoms with Crippen LogP contribution in [0.1, 0.15) is 0 Å². The Morgan fingerprint density at radius 2 is 0.818 bits per heavy atom. The van der Waals surface area contributed by atoms with Gasteiger partial charge in [-0.1, -0.05) is 84.9 Å². The molecular weight excluding hydrogens is 534 g/mol. The van der Waals surface area contributed by atoms with Crippen LogP contribution in [-0.2, 0) is 0 Å². The van der Waals surface area contributed by atoms with E-state index in [0.717, 1.165) is 16.9 Å². The maximum absolute atomic E-state index is 4.52. The summed E-state index contributed by atoms with van der Waals surface area (Å²) >= 11 is 0. The van der Waals surface area contributed by atoms with Crippen LogP contribution in [0.4, 0.5) is 0 Å². The first kappa shape index (κ1) is 24.6. The smallest absolute Gasteiger partial charge is 0.0701 e. The highest BCUT2D eigenvalue weighted by molar-refractivity contribution is 6.12. The van der Waals surface area contributed by atoms with Gasteiger partial charge >= 0.3 is 0 Å². The van der Waals surface area contributed by atoms with Crippen LogP contribution in [0.3, 0.4) is 0 Å². The van der Waals surface area contributed by atoms with Gasteiger partial charge in [-0.25, -0.2) is 0 Å². The molecule has 3 aromatic heterocycles. The van der Waals surface area contributed by atoms with Crippen LogP contribution in [0, 0.1) is 0 Å². The summed E-state index contributed by atoms with van der Waals surface area (Å²) in [6.07, 6.45) is 1.84. The number of benzene rings is 6. The molecule has 3 heterocycles. The Morgan fingerprint density at radius 1 is 0.341 bits per heavy atom. The van der Waals surface area contributed by atoms with Gasteiger partial charge in [0.15, 0.2) is 0 Å². The van der Waals surface area contributed by atoms with Crippen LogP contribution in [0.25, 0.3) is 77.4 Å². The molecule has 0 spiro atoms. The topological polar surface area (TPSA) is 22.8 Å². The van der Waals surface area contributed by atoms with E-state index in [1.165, 1.54) is 60.4 Å². The highest BCUT2D eigenvalue weighted by Gasteiger charge is 2.16. The molecule has 0 unspecified atom stereocenters. The average molecular weight is 562 g/mol. The first-order valence-corrected chi connectivity index (χ1v) is 15.0. The molecule has 0 bridgehead atoms. The Kier molecular flexibility index (Phi) is 5.50. The van der Waals surface area contributed by atoms with E-state index in [9.17, 15) is 0 Å². The minimum Gasteiger partial charge on any atom is -0.309 e. The lowest BCUT2D eigenvalue weighted by Gasteiger charge is -2.10. The normalized spacial score (nSPS) is 11.6. The van der Waals surface area contributed by atoms with Crippen molar-refractivity contribution in [2.24, 2.45) is 0 Å². The Bertz CT molecular complexity index is 2470. The summed E-state index contributed by atoms with van der Waals surface area (Å²) < 4.78 is 4.73. The summed E-state index contributed by atoms with van der Waals surface area (Å²) in [5.74, 6) is 0. The van der Waals surface area contributed by atoms with Crippen LogP contribution >= 0.6 is 0 Å². The molecule has 9 rings (SSSR count). The molecule has 9 aromatic rings. The monoisotopic (exact) mass is 561 g/mol. The SMILES string of the molecule is c1ccc(-n2c3ccccc3c3cc(-c4ccc5c(c4)c4ccccc4n5-c4ccc(-c5ccccn5)cc4)ccc32)cc1. The molecule has 0 radical (unpaired) electrons. The largest absolute Gasteiger partial charge is 0.309 e. The Balaban J connectivity index is 1.20. The fraction of sp³-hybridized carbons (Fsp3) is 0. The fourth-order valence-corrected chi connectivity index (χ4v) is 6.75. The highest BCUT2D eigenvalue weighted by atomic mass is 15.0. The van der Waals surface area contributed by atoms with Gasteiger partial charge < -0.3 is 9.13 Å². The second kappa shape index (κ2) is 9.82. The molecule has 0 N–H and O–H groups in total. The Hall–Kier alpha value is -5.93. The van der Waals surface area contributed by atoms with Crippen molar-refractivity contribution in [2.45, 2.75) is 0 Å². The van der Waals surface area contributed by atoms with Crippen molar-refractivity contribution >= 4 is 43.6 Å². The predicted octanol–water partition coefficient (Wildman–Crippen LogP) is 10.6. The average Bonchev–Trinajstić information content (AvgIpc) is 3.61. The number of rotatable bonds is 4. The number of hydrogen-bond acceptors (Lipinski definition) is 1. The Morgan fingerprint density at radius 3 is 1.39 bits per heavy atom. The second-order valence-corrected chi connectivity index (χ2v) is 11.3. The van der Waals surface area contributed by atoms with Gasteiger partial charge in [-0.3, -0.25) is 4.98 Å². The van der Waals surface area contributed by atoms with Crippen LogP contribution in [0.2, 0.25) is 0 Å². The van der Waals surface area contributed by atoms with Crippen molar-refractivity contribution in [1.29, 1.82) is 0 Å². The molecule has 0 fully saturated rings. The van der Waals surface area contributed by atoms with E-state index in [1.54, 1.807) is 0 Å². The summed E-state index contributed by atoms with van der Waals surface area (Å²) in [6.45, 7) is 0. The lowest BCUT2D eigenvalue weighted by Crippen LogP contribution is -1.94. The third-order valence-electron chi connectivity index (χ3n) is 8.78. The van der Waals surface area contributed by atoms with E-state index in [-0.39, 0.29) is 0 Å². The number of nitrogens with zero attached hydrogens (tertiary/aromatic N) is 3. The Labute approximate surface area is 254 Å². The predicted molar refractivity (Wildman–Crippen MR) is 184 cm³/mol. The maximum Gasteiger partial charge on any atom is 0.0701 e. The summed E-state index contributed by atoms with van der Waals surface area (Å²) in [4.78, 5) is 4.52. The second-order valence-electron chi connectivity index (χ2n) is 11.3. The molecule has 0 aliphatic rings. The third kappa shape index (κ3) is 3.80. The fourth-order valence-electron chi connectivity index (χ4n) is 6.75. The summed E-state index contributed by atoms with van der Waals surface area (Å²) in [5, 5.41) is 5.02. The first-order valence-electron chi connectivity index (χ1n) is 15.0. The van der Waals surface area contributed by atoms with Crippen molar-refractivity contribution in [3.8, 4) is 33.8 Å². The van der Waals surface area contributed by atoms with Gasteiger partial charge in [-0.2, -0.15) is 0 Å². The molecule has 0 amide bonds. The molecule has 0 saturated heterocycles. The molecular formula is C41H27N3. The van der Waals surface area contributed by atoms with Crippen molar-refractivity contribution in [2.75, 3.05) is 0 Å². The zero-order valence-corrected chi connectivity index (χ0v) is 23.9. The molecule has 6 aromatic carbocycles. The minimum atomic E-state index is 0.981. The standard InChI is InChI=1S/C41H27N3/c1-2-10-31(11-3-1)43-38-15-6-4-12-33(38)35-26-29(19-23-40(35)43)30-20-24-41-36(27-30)34-13-5-7-16-39(34)44(41)32-21-17-28(18-22-32)37-14-8-9-25-42-37/h1-27H. The maximum atomic E-state index is 4.52. The number of aromatic nitrogens is 3. The molecule has 3 nitrogen and oxygen atoms in total. The number of para-hydroxylation sites is 3. The lowest BCUT2D eigenvalue weighted by atomic mass is 10.0. The zero-order valence-electron chi connectivity index (χ0n) is 23.9. The summed E-state index contributed by atoms with van der Waals surface area (Å²) in [7, 11) is 0. The van der Waals surface area contributed by atoms with Crippen LogP contribution < -0.4 is 0 Å². The highest BCUT2D eigenvalue weighted by Crippen LogP contribution is 2.38. The molecule has 0 atom stereocenters. The van der Waals surface area contributed by atoms with E-state index in [1.807, 2.05) is 24.4 Å². The summed E-state index contributed by atoms with van der Waals surface area (Å²) in [6, 6.07) is 56.5. The van der Waals surface area contributed by atoms with Crippen molar-refractivity contribution < 1.29 is 0 Å². The van der Waals surface area contributed by atoms with E-state index in [0.29, 0.717) is 0 Å². The molecule has 44 heavy (non-hydrogen) atoms. The van der Waals surface area contributed by atoms with Gasteiger partial charge in [-0.15, -0.1) is 0 Å². The van der Waals surface area contributed by atoms with Gasteiger partial charge in [0.05, 0.1) is 27.8 Å². The number of pyridine rings is 1. The van der Waals surface area contributed by atoms with Crippen molar-refractivity contribution in [3.63, 3.8) is 0 Å². The van der Waals surface area contributed by atoms with Crippen molar-refractivity contribution in [3.05, 3.63) is 164 Å². The van der Waals surface area contributed by atoms with E-state index in [4.69, 9.17) is 0 Å². The number of fused-ring (bicyclic) bond motifs is 6. The van der Waals surface area contributed by atoms with Gasteiger partial charge in [0.2, 0.25) is 0 Å². The van der Waals surface area contributed by atoms with E-state index < -0.39 is 0 Å². The number of hydrogen-bond donors (Lipinski definition) is 0. The molecule has 3 heteroatoms.